The molecule has 0 amide bonds. The van der Waals surface area contributed by atoms with E-state index in [4.69, 9.17) is 9.05 Å². The highest BCUT2D eigenvalue weighted by atomic mass is 31.1. The Hall–Kier alpha value is -3.82. The third-order valence-electron chi connectivity index (χ3n) is 4.51. The second-order valence-corrected chi connectivity index (χ2v) is 7.25. The van der Waals surface area contributed by atoms with E-state index in [9.17, 15) is 14.8 Å². The highest BCUT2D eigenvalue weighted by Gasteiger charge is 2.28. The Bertz CT molecular complexity index is 1110. The maximum absolute atomic E-state index is 12.7. The van der Waals surface area contributed by atoms with Crippen molar-refractivity contribution < 1.29 is 23.8 Å². The van der Waals surface area contributed by atoms with Gasteiger partial charge in [-0.25, -0.2) is 9.05 Å². The lowest BCUT2D eigenvalue weighted by atomic mass is 10.0. The molecule has 4 aromatic carbocycles. The van der Waals surface area contributed by atoms with E-state index < -0.39 is 8.25 Å². The lowest BCUT2D eigenvalue weighted by molar-refractivity contribution is 0.416. The highest BCUT2D eigenvalue weighted by Crippen LogP contribution is 2.42. The minimum absolute atomic E-state index is 0.0922. The van der Waals surface area contributed by atoms with Gasteiger partial charge in [0.1, 0.15) is 11.5 Å². The molecular formula is C24H18O5P+. The topological polar surface area (TPSA) is 76.0 Å². The average molecular weight is 417 g/mol. The summed E-state index contributed by atoms with van der Waals surface area (Å²) < 4.78 is 23.9. The summed E-state index contributed by atoms with van der Waals surface area (Å²) in [6.07, 6.45) is 0. The monoisotopic (exact) mass is 417 g/mol. The summed E-state index contributed by atoms with van der Waals surface area (Å²) >= 11 is 0. The summed E-state index contributed by atoms with van der Waals surface area (Å²) in [5.41, 5.74) is 2.31. The van der Waals surface area contributed by atoms with E-state index in [-0.39, 0.29) is 11.5 Å². The summed E-state index contributed by atoms with van der Waals surface area (Å²) in [6.45, 7) is 0. The van der Waals surface area contributed by atoms with E-state index in [1.54, 1.807) is 97.1 Å². The highest BCUT2D eigenvalue weighted by molar-refractivity contribution is 7.34. The van der Waals surface area contributed by atoms with Gasteiger partial charge in [0.25, 0.3) is 0 Å². The zero-order chi connectivity index (χ0) is 20.9. The molecule has 2 N–H and O–H groups in total. The van der Waals surface area contributed by atoms with E-state index in [0.717, 1.165) is 0 Å². The molecule has 0 fully saturated rings. The van der Waals surface area contributed by atoms with E-state index in [2.05, 4.69) is 0 Å². The Morgan fingerprint density at radius 3 is 1.23 bits per heavy atom. The maximum atomic E-state index is 12.7. The van der Waals surface area contributed by atoms with Crippen molar-refractivity contribution in [3.63, 3.8) is 0 Å². The van der Waals surface area contributed by atoms with Crippen LogP contribution < -0.4 is 9.05 Å². The normalized spacial score (nSPS) is 10.4. The first-order chi connectivity index (χ1) is 14.6. The number of aromatic hydroxyl groups is 2. The Morgan fingerprint density at radius 1 is 0.500 bits per heavy atom. The maximum Gasteiger partial charge on any atom is 0.805 e. The second-order valence-electron chi connectivity index (χ2n) is 6.43. The molecule has 0 aliphatic rings. The predicted molar refractivity (Wildman–Crippen MR) is 116 cm³/mol. The molecule has 0 saturated heterocycles. The molecule has 4 rings (SSSR count). The smallest absolute Gasteiger partial charge is 0.507 e. The van der Waals surface area contributed by atoms with Crippen molar-refractivity contribution in [2.24, 2.45) is 0 Å². The van der Waals surface area contributed by atoms with Gasteiger partial charge in [-0.3, -0.25) is 0 Å². The van der Waals surface area contributed by atoms with E-state index in [1.807, 2.05) is 0 Å². The van der Waals surface area contributed by atoms with Crippen molar-refractivity contribution in [3.05, 3.63) is 97.1 Å². The summed E-state index contributed by atoms with van der Waals surface area (Å²) in [5, 5.41) is 20.3. The van der Waals surface area contributed by atoms with Crippen LogP contribution in [0.1, 0.15) is 0 Å². The number of hydrogen-bond donors (Lipinski definition) is 2. The lowest BCUT2D eigenvalue weighted by Crippen LogP contribution is -1.93. The van der Waals surface area contributed by atoms with E-state index in [0.29, 0.717) is 33.8 Å². The molecule has 5 nitrogen and oxygen atoms in total. The molecule has 4 aromatic rings. The van der Waals surface area contributed by atoms with Crippen molar-refractivity contribution >= 4 is 8.25 Å². The Balaban J connectivity index is 1.61. The molecule has 0 unspecified atom stereocenters. The van der Waals surface area contributed by atoms with Crippen LogP contribution in [-0.2, 0) is 4.57 Å². The Labute approximate surface area is 174 Å². The van der Waals surface area contributed by atoms with Crippen LogP contribution in [-0.4, -0.2) is 10.2 Å². The summed E-state index contributed by atoms with van der Waals surface area (Å²) in [4.78, 5) is 0. The molecule has 148 valence electrons. The molecule has 6 heteroatoms. The van der Waals surface area contributed by atoms with E-state index >= 15 is 0 Å². The molecule has 0 saturated carbocycles. The molecule has 0 spiro atoms. The SMILES string of the molecule is O=[P+](Oc1ccccc1-c1ccccc1O)Oc1ccccc1-c1ccccc1O. The second kappa shape index (κ2) is 8.68. The first kappa shape index (κ1) is 19.5. The zero-order valence-electron chi connectivity index (χ0n) is 15.8. The van der Waals surface area contributed by atoms with Crippen molar-refractivity contribution in [3.8, 4) is 45.3 Å². The van der Waals surface area contributed by atoms with Gasteiger partial charge < -0.3 is 10.2 Å². The fourth-order valence-electron chi connectivity index (χ4n) is 3.12. The molecule has 0 aromatic heterocycles. The van der Waals surface area contributed by atoms with Crippen LogP contribution in [0.4, 0.5) is 0 Å². The Kier molecular flexibility index (Phi) is 5.64. The van der Waals surface area contributed by atoms with Crippen LogP contribution in [0.25, 0.3) is 22.3 Å². The van der Waals surface area contributed by atoms with Gasteiger partial charge in [-0.05, 0) is 24.3 Å². The summed E-state index contributed by atoms with van der Waals surface area (Å²) in [6, 6.07) is 27.6. The minimum Gasteiger partial charge on any atom is -0.507 e. The quantitative estimate of drug-likeness (QED) is 0.348. The van der Waals surface area contributed by atoms with Crippen LogP contribution in [0.2, 0.25) is 0 Å². The number of hydrogen-bond acceptors (Lipinski definition) is 5. The van der Waals surface area contributed by atoms with Crippen LogP contribution in [0.3, 0.4) is 0 Å². The van der Waals surface area contributed by atoms with Gasteiger partial charge in [-0.15, -0.1) is 0 Å². The fourth-order valence-corrected chi connectivity index (χ4v) is 3.80. The van der Waals surface area contributed by atoms with Gasteiger partial charge in [0.2, 0.25) is 0 Å². The van der Waals surface area contributed by atoms with Crippen LogP contribution in [0, 0.1) is 0 Å². The molecule has 0 heterocycles. The van der Waals surface area contributed by atoms with Gasteiger partial charge in [0.05, 0.1) is 0 Å². The number of phenolic OH excluding ortho intramolecular Hbond substituents is 2. The first-order valence-corrected chi connectivity index (χ1v) is 10.3. The predicted octanol–water partition coefficient (Wildman–Crippen LogP) is 6.55. The summed E-state index contributed by atoms with van der Waals surface area (Å²) in [7, 11) is -2.58. The molecule has 0 atom stereocenters. The van der Waals surface area contributed by atoms with Gasteiger partial charge in [0.15, 0.2) is 11.5 Å². The largest absolute Gasteiger partial charge is 0.805 e. The molecule has 0 bridgehead atoms. The van der Waals surface area contributed by atoms with Gasteiger partial charge in [-0.2, -0.15) is 0 Å². The number of benzene rings is 4. The van der Waals surface area contributed by atoms with Gasteiger partial charge in [-0.1, -0.05) is 72.8 Å². The van der Waals surface area contributed by atoms with Crippen molar-refractivity contribution in [2.75, 3.05) is 0 Å². The minimum atomic E-state index is -2.58. The third kappa shape index (κ3) is 4.12. The lowest BCUT2D eigenvalue weighted by Gasteiger charge is -2.08. The van der Waals surface area contributed by atoms with Gasteiger partial charge >= 0.3 is 8.25 Å². The van der Waals surface area contributed by atoms with Crippen LogP contribution in [0.15, 0.2) is 97.1 Å². The molecule has 0 aliphatic carbocycles. The molecular weight excluding hydrogens is 399 g/mol. The van der Waals surface area contributed by atoms with E-state index in [1.165, 1.54) is 0 Å². The van der Waals surface area contributed by atoms with Crippen molar-refractivity contribution in [1.29, 1.82) is 0 Å². The fraction of sp³-hybridized carbons (Fsp3) is 0. The van der Waals surface area contributed by atoms with Gasteiger partial charge in [0, 0.05) is 26.8 Å². The number of para-hydroxylation sites is 4. The number of rotatable bonds is 6. The zero-order valence-corrected chi connectivity index (χ0v) is 16.7. The van der Waals surface area contributed by atoms with Crippen LogP contribution >= 0.6 is 8.25 Å². The van der Waals surface area contributed by atoms with Crippen molar-refractivity contribution in [2.45, 2.75) is 0 Å². The Morgan fingerprint density at radius 2 is 0.833 bits per heavy atom. The molecule has 0 radical (unpaired) electrons. The van der Waals surface area contributed by atoms with Crippen molar-refractivity contribution in [1.82, 2.24) is 0 Å². The van der Waals surface area contributed by atoms with Crippen LogP contribution in [0.5, 0.6) is 23.0 Å². The third-order valence-corrected chi connectivity index (χ3v) is 5.20. The number of phenols is 2. The average Bonchev–Trinajstić information content (AvgIpc) is 2.76. The molecule has 0 aliphatic heterocycles. The first-order valence-electron chi connectivity index (χ1n) is 9.21. The standard InChI is InChI=1S/C24H17O5P/c25-21-13-5-1-9-17(21)19-11-3-7-15-23(19)28-30(27)29-24-16-8-4-12-20(24)18-10-2-6-14-22(18)26/h1-16H,(H-,25,26)/p+1. The summed E-state index contributed by atoms with van der Waals surface area (Å²) in [5.74, 6) is 0.824. The molecule has 30 heavy (non-hydrogen) atoms.